The van der Waals surface area contributed by atoms with E-state index in [-0.39, 0.29) is 29.8 Å². The maximum atomic E-state index is 14.6. The maximum Gasteiger partial charge on any atom is 0.264 e. The summed E-state index contributed by atoms with van der Waals surface area (Å²) in [5.74, 6) is -0.754. The molecule has 4 rings (SSSR count). The van der Waals surface area contributed by atoms with Crippen LogP contribution in [-0.4, -0.2) is 43.8 Å². The highest BCUT2D eigenvalue weighted by Crippen LogP contribution is 2.27. The van der Waals surface area contributed by atoms with Crippen molar-refractivity contribution < 1.29 is 18.0 Å². The van der Waals surface area contributed by atoms with Crippen LogP contribution in [-0.2, 0) is 32.6 Å². The number of nitrogens with one attached hydrogen (secondary N) is 1. The Bertz CT molecular complexity index is 1690. The lowest BCUT2D eigenvalue weighted by Crippen LogP contribution is -2.54. The Kier molecular flexibility index (Phi) is 11.2. The predicted octanol–water partition coefficient (Wildman–Crippen LogP) is 6.36. The van der Waals surface area contributed by atoms with Crippen LogP contribution in [0.2, 0.25) is 0 Å². The first-order valence-corrected chi connectivity index (χ1v) is 16.8. The van der Waals surface area contributed by atoms with Crippen molar-refractivity contribution in [3.8, 4) is 0 Å². The maximum absolute atomic E-state index is 14.6. The lowest BCUT2D eigenvalue weighted by atomic mass is 10.0. The SMILES string of the molecule is CC[C@@H](C)NC(=O)[C@H](Cc1ccccc1)N(Cc1ccccc1C)C(=O)CN(c1cc(C)cc(C)c1)S(=O)(=O)c1ccccc1. The Morgan fingerprint density at radius 3 is 1.98 bits per heavy atom. The molecule has 0 aromatic heterocycles. The molecule has 0 unspecified atom stereocenters. The summed E-state index contributed by atoms with van der Waals surface area (Å²) in [7, 11) is -4.14. The topological polar surface area (TPSA) is 86.8 Å². The molecule has 4 aromatic carbocycles. The number of sulfonamides is 1. The number of amides is 2. The average molecular weight is 626 g/mol. The second kappa shape index (κ2) is 15.0. The summed E-state index contributed by atoms with van der Waals surface area (Å²) >= 11 is 0. The Labute approximate surface area is 268 Å². The number of aryl methyl sites for hydroxylation is 3. The third-order valence-electron chi connectivity index (χ3n) is 7.98. The fraction of sp³-hybridized carbons (Fsp3) is 0.297. The highest BCUT2D eigenvalue weighted by atomic mass is 32.2. The van der Waals surface area contributed by atoms with Crippen LogP contribution in [0.25, 0.3) is 0 Å². The van der Waals surface area contributed by atoms with E-state index in [2.05, 4.69) is 5.32 Å². The summed E-state index contributed by atoms with van der Waals surface area (Å²) in [5, 5.41) is 3.08. The van der Waals surface area contributed by atoms with Gasteiger partial charge in [0.2, 0.25) is 11.8 Å². The van der Waals surface area contributed by atoms with E-state index in [4.69, 9.17) is 0 Å². The lowest BCUT2D eigenvalue weighted by Gasteiger charge is -2.34. The van der Waals surface area contributed by atoms with E-state index in [9.17, 15) is 18.0 Å². The predicted molar refractivity (Wildman–Crippen MR) is 180 cm³/mol. The van der Waals surface area contributed by atoms with E-state index in [0.29, 0.717) is 5.69 Å². The van der Waals surface area contributed by atoms with Crippen LogP contribution in [0, 0.1) is 20.8 Å². The molecule has 2 atom stereocenters. The molecule has 4 aromatic rings. The number of benzene rings is 4. The van der Waals surface area contributed by atoms with Crippen molar-refractivity contribution in [3.63, 3.8) is 0 Å². The molecule has 7 nitrogen and oxygen atoms in total. The van der Waals surface area contributed by atoms with E-state index >= 15 is 0 Å². The van der Waals surface area contributed by atoms with Crippen molar-refractivity contribution in [2.45, 2.75) is 71.0 Å². The van der Waals surface area contributed by atoms with Crippen molar-refractivity contribution >= 4 is 27.5 Å². The third-order valence-corrected chi connectivity index (χ3v) is 9.77. The number of anilines is 1. The summed E-state index contributed by atoms with van der Waals surface area (Å²) in [6, 6.07) is 29.9. The Balaban J connectivity index is 1.83. The summed E-state index contributed by atoms with van der Waals surface area (Å²) in [5.41, 5.74) is 4.88. The minimum Gasteiger partial charge on any atom is -0.352 e. The van der Waals surface area contributed by atoms with Gasteiger partial charge in [-0.3, -0.25) is 13.9 Å². The lowest BCUT2D eigenvalue weighted by molar-refractivity contribution is -0.140. The first kappa shape index (κ1) is 33.5. The summed E-state index contributed by atoms with van der Waals surface area (Å²) < 4.78 is 29.5. The van der Waals surface area contributed by atoms with Crippen molar-refractivity contribution in [1.82, 2.24) is 10.2 Å². The van der Waals surface area contributed by atoms with E-state index in [1.807, 2.05) is 95.3 Å². The van der Waals surface area contributed by atoms with Crippen molar-refractivity contribution in [3.05, 3.63) is 131 Å². The van der Waals surface area contributed by atoms with Gasteiger partial charge in [-0.25, -0.2) is 8.42 Å². The molecule has 0 heterocycles. The number of hydrogen-bond acceptors (Lipinski definition) is 4. The van der Waals surface area contributed by atoms with Gasteiger partial charge in [-0.15, -0.1) is 0 Å². The van der Waals surface area contributed by atoms with Gasteiger partial charge in [0.1, 0.15) is 12.6 Å². The molecule has 0 aliphatic carbocycles. The molecular formula is C37H43N3O4S. The highest BCUT2D eigenvalue weighted by Gasteiger charge is 2.35. The van der Waals surface area contributed by atoms with Crippen LogP contribution >= 0.6 is 0 Å². The Hall–Kier alpha value is -4.43. The number of hydrogen-bond donors (Lipinski definition) is 1. The summed E-state index contributed by atoms with van der Waals surface area (Å²) in [6.45, 7) is 9.33. The number of carbonyl (C=O) groups excluding carboxylic acids is 2. The van der Waals surface area contributed by atoms with Gasteiger partial charge in [-0.2, -0.15) is 0 Å². The third kappa shape index (κ3) is 8.60. The first-order chi connectivity index (χ1) is 21.5. The Morgan fingerprint density at radius 1 is 0.800 bits per heavy atom. The summed E-state index contributed by atoms with van der Waals surface area (Å²) in [4.78, 5) is 30.2. The van der Waals surface area contributed by atoms with E-state index in [1.54, 1.807) is 35.2 Å². The van der Waals surface area contributed by atoms with E-state index in [0.717, 1.165) is 34.2 Å². The fourth-order valence-electron chi connectivity index (χ4n) is 5.31. The molecule has 236 valence electrons. The monoisotopic (exact) mass is 625 g/mol. The van der Waals surface area contributed by atoms with Crippen LogP contribution in [0.3, 0.4) is 0 Å². The van der Waals surface area contributed by atoms with Gasteiger partial charge in [0, 0.05) is 19.0 Å². The molecule has 2 amide bonds. The zero-order chi connectivity index (χ0) is 32.6. The molecule has 0 saturated carbocycles. The van der Waals surface area contributed by atoms with Gasteiger partial charge in [0.25, 0.3) is 10.0 Å². The van der Waals surface area contributed by atoms with Crippen molar-refractivity contribution in [2.24, 2.45) is 0 Å². The molecule has 1 N–H and O–H groups in total. The molecule has 0 saturated heterocycles. The van der Waals surface area contributed by atoms with Gasteiger partial charge in [-0.05, 0) is 86.2 Å². The molecule has 8 heteroatoms. The average Bonchev–Trinajstić information content (AvgIpc) is 3.02. The van der Waals surface area contributed by atoms with Crippen LogP contribution in [0.15, 0.2) is 108 Å². The number of carbonyl (C=O) groups is 2. The smallest absolute Gasteiger partial charge is 0.264 e. The zero-order valence-corrected chi connectivity index (χ0v) is 27.6. The second-order valence-corrected chi connectivity index (χ2v) is 13.5. The fourth-order valence-corrected chi connectivity index (χ4v) is 6.73. The van der Waals surface area contributed by atoms with Crippen LogP contribution in [0.4, 0.5) is 5.69 Å². The Morgan fingerprint density at radius 2 is 1.38 bits per heavy atom. The zero-order valence-electron chi connectivity index (χ0n) is 26.7. The standard InChI is InChI=1S/C37H43N3O4S/c1-6-30(5)38-37(42)35(24-31-16-9-7-10-17-31)39(25-32-18-14-13-15-29(32)4)36(41)26-40(33-22-27(2)21-28(3)23-33)45(43,44)34-19-11-8-12-20-34/h7-23,30,35H,6,24-26H2,1-5H3,(H,38,42)/t30-,35+/m1/s1. The minimum absolute atomic E-state index is 0.0813. The molecule has 0 fully saturated rings. The van der Waals surface area contributed by atoms with Crippen molar-refractivity contribution in [2.75, 3.05) is 10.8 Å². The molecular weight excluding hydrogens is 582 g/mol. The van der Waals surface area contributed by atoms with Gasteiger partial charge in [0.05, 0.1) is 10.6 Å². The van der Waals surface area contributed by atoms with Crippen LogP contribution in [0.1, 0.15) is 48.1 Å². The molecule has 0 spiro atoms. The van der Waals surface area contributed by atoms with Crippen LogP contribution < -0.4 is 9.62 Å². The molecule has 0 bridgehead atoms. The first-order valence-electron chi connectivity index (χ1n) is 15.3. The largest absolute Gasteiger partial charge is 0.352 e. The molecule has 0 radical (unpaired) electrons. The molecule has 0 aliphatic heterocycles. The van der Waals surface area contributed by atoms with E-state index in [1.165, 1.54) is 16.4 Å². The highest BCUT2D eigenvalue weighted by molar-refractivity contribution is 7.92. The summed E-state index contributed by atoms with van der Waals surface area (Å²) in [6.07, 6.45) is 1.00. The van der Waals surface area contributed by atoms with Crippen molar-refractivity contribution in [1.29, 1.82) is 0 Å². The molecule has 45 heavy (non-hydrogen) atoms. The quantitative estimate of drug-likeness (QED) is 0.187. The molecule has 0 aliphatic rings. The number of nitrogens with zero attached hydrogens (tertiary/aromatic N) is 2. The van der Waals surface area contributed by atoms with Gasteiger partial charge >= 0.3 is 0 Å². The normalized spacial score (nSPS) is 12.6. The van der Waals surface area contributed by atoms with E-state index < -0.39 is 28.5 Å². The number of rotatable bonds is 13. The minimum atomic E-state index is -4.14. The van der Waals surface area contributed by atoms with Crippen LogP contribution in [0.5, 0.6) is 0 Å². The van der Waals surface area contributed by atoms with Gasteiger partial charge in [-0.1, -0.05) is 85.8 Å². The van der Waals surface area contributed by atoms with Gasteiger partial charge in [0.15, 0.2) is 0 Å². The van der Waals surface area contributed by atoms with Gasteiger partial charge < -0.3 is 10.2 Å². The second-order valence-electron chi connectivity index (χ2n) is 11.6.